The number of hydrogen-bond acceptors (Lipinski definition) is 6. The molecule has 130 valence electrons. The number of benzene rings is 1. The highest BCUT2D eigenvalue weighted by atomic mass is 32.1. The van der Waals surface area contributed by atoms with Crippen molar-refractivity contribution in [2.75, 3.05) is 25.5 Å². The van der Waals surface area contributed by atoms with Crippen LogP contribution in [-0.4, -0.2) is 46.8 Å². The number of aryl methyl sites for hydroxylation is 1. The van der Waals surface area contributed by atoms with Crippen LogP contribution in [0.4, 0.5) is 5.69 Å². The predicted molar refractivity (Wildman–Crippen MR) is 98.5 cm³/mol. The first-order valence-corrected chi connectivity index (χ1v) is 8.88. The van der Waals surface area contributed by atoms with Crippen molar-refractivity contribution in [3.05, 3.63) is 52.5 Å². The Hall–Kier alpha value is -2.74. The molecule has 0 saturated heterocycles. The zero-order chi connectivity index (χ0) is 17.6. The summed E-state index contributed by atoms with van der Waals surface area (Å²) in [5.41, 5.74) is 3.15. The molecule has 1 aromatic carbocycles. The number of amides is 1. The molecule has 25 heavy (non-hydrogen) atoms. The van der Waals surface area contributed by atoms with Crippen LogP contribution in [0.1, 0.15) is 21.7 Å². The van der Waals surface area contributed by atoms with Gasteiger partial charge in [-0.1, -0.05) is 12.1 Å². The average Bonchev–Trinajstić information content (AvgIpc) is 3.29. The zero-order valence-electron chi connectivity index (χ0n) is 14.2. The Labute approximate surface area is 150 Å². The van der Waals surface area contributed by atoms with Crippen LogP contribution in [0, 0.1) is 0 Å². The molecule has 0 bridgehead atoms. The molecule has 2 heterocycles. The van der Waals surface area contributed by atoms with Crippen LogP contribution in [-0.2, 0) is 6.42 Å². The maximum Gasteiger partial charge on any atom is 0.263 e. The van der Waals surface area contributed by atoms with Crippen LogP contribution < -0.4 is 10.2 Å². The molecular formula is C17H20N6OS. The molecule has 0 saturated carbocycles. The third-order valence-electron chi connectivity index (χ3n) is 3.83. The van der Waals surface area contributed by atoms with E-state index in [1.54, 1.807) is 0 Å². The van der Waals surface area contributed by atoms with Gasteiger partial charge in [0.25, 0.3) is 5.91 Å². The number of aromatic nitrogens is 4. The zero-order valence-corrected chi connectivity index (χ0v) is 15.0. The summed E-state index contributed by atoms with van der Waals surface area (Å²) in [5.74, 6) is -0.0940. The van der Waals surface area contributed by atoms with Crippen molar-refractivity contribution < 1.29 is 4.79 Å². The molecule has 0 aliphatic heterocycles. The molecule has 1 amide bonds. The van der Waals surface area contributed by atoms with Crippen molar-refractivity contribution in [2.45, 2.75) is 12.8 Å². The first-order valence-electron chi connectivity index (χ1n) is 8.00. The molecule has 0 spiro atoms. The van der Waals surface area contributed by atoms with Gasteiger partial charge < -0.3 is 10.2 Å². The number of carbonyl (C=O) groups is 1. The van der Waals surface area contributed by atoms with Crippen molar-refractivity contribution in [3.8, 4) is 5.69 Å². The third kappa shape index (κ3) is 4.21. The summed E-state index contributed by atoms with van der Waals surface area (Å²) in [4.78, 5) is 15.1. The Morgan fingerprint density at radius 3 is 2.72 bits per heavy atom. The molecule has 0 unspecified atom stereocenters. The number of nitrogens with zero attached hydrogens (tertiary/aromatic N) is 5. The monoisotopic (exact) mass is 356 g/mol. The lowest BCUT2D eigenvalue weighted by molar-refractivity contribution is 0.0957. The van der Waals surface area contributed by atoms with E-state index in [2.05, 4.69) is 50.0 Å². The highest BCUT2D eigenvalue weighted by Gasteiger charge is 2.15. The van der Waals surface area contributed by atoms with Gasteiger partial charge in [-0.25, -0.2) is 0 Å². The van der Waals surface area contributed by atoms with E-state index in [0.29, 0.717) is 17.1 Å². The van der Waals surface area contributed by atoms with E-state index in [1.165, 1.54) is 33.6 Å². The summed E-state index contributed by atoms with van der Waals surface area (Å²) in [6.45, 7) is 0.626. The fourth-order valence-electron chi connectivity index (χ4n) is 2.46. The van der Waals surface area contributed by atoms with Gasteiger partial charge >= 0.3 is 0 Å². The van der Waals surface area contributed by atoms with Gasteiger partial charge in [0.2, 0.25) is 0 Å². The van der Waals surface area contributed by atoms with Gasteiger partial charge in [0, 0.05) is 26.3 Å². The highest BCUT2D eigenvalue weighted by molar-refractivity contribution is 7.12. The second-order valence-corrected chi connectivity index (χ2v) is 6.73. The first-order chi connectivity index (χ1) is 12.1. The summed E-state index contributed by atoms with van der Waals surface area (Å²) in [6.07, 6.45) is 3.30. The number of hydrogen-bond donors (Lipinski definition) is 1. The average molecular weight is 356 g/mol. The number of carbonyl (C=O) groups excluding carboxylic acids is 1. The molecule has 0 fully saturated rings. The number of thiophene rings is 1. The van der Waals surface area contributed by atoms with Crippen molar-refractivity contribution in [1.82, 2.24) is 25.5 Å². The maximum atomic E-state index is 12.4. The van der Waals surface area contributed by atoms with Gasteiger partial charge in [-0.2, -0.15) is 4.68 Å². The van der Waals surface area contributed by atoms with E-state index in [-0.39, 0.29) is 5.91 Å². The van der Waals surface area contributed by atoms with Gasteiger partial charge in [-0.15, -0.1) is 16.4 Å². The molecule has 3 aromatic rings. The number of tetrazole rings is 1. The van der Waals surface area contributed by atoms with E-state index in [1.807, 2.05) is 25.5 Å². The molecule has 1 N–H and O–H groups in total. The molecule has 2 aromatic heterocycles. The van der Waals surface area contributed by atoms with Gasteiger partial charge in [-0.05, 0) is 52.4 Å². The molecule has 0 aliphatic carbocycles. The fourth-order valence-corrected chi connectivity index (χ4v) is 3.25. The molecule has 0 atom stereocenters. The molecule has 0 aliphatic rings. The number of nitrogens with one attached hydrogen (secondary N) is 1. The molecule has 0 radical (unpaired) electrons. The minimum absolute atomic E-state index is 0.0940. The molecule has 3 rings (SSSR count). The normalized spacial score (nSPS) is 10.6. The van der Waals surface area contributed by atoms with Gasteiger partial charge in [0.15, 0.2) is 0 Å². The van der Waals surface area contributed by atoms with Crippen molar-refractivity contribution >= 4 is 22.9 Å². The maximum absolute atomic E-state index is 12.4. The first kappa shape index (κ1) is 17.1. The van der Waals surface area contributed by atoms with E-state index in [0.717, 1.165) is 12.8 Å². The Balaban J connectivity index is 1.49. The summed E-state index contributed by atoms with van der Waals surface area (Å²) < 4.78 is 1.50. The third-order valence-corrected chi connectivity index (χ3v) is 4.73. The summed E-state index contributed by atoms with van der Waals surface area (Å²) in [7, 11) is 4.05. The Morgan fingerprint density at radius 1 is 1.24 bits per heavy atom. The SMILES string of the molecule is CN(C)c1ccc(CCCNC(=O)c2sccc2-n2cnnn2)cc1. The Kier molecular flexibility index (Phi) is 5.39. The quantitative estimate of drug-likeness (QED) is 0.657. The fraction of sp³-hybridized carbons (Fsp3) is 0.294. The molecular weight excluding hydrogens is 336 g/mol. The van der Waals surface area contributed by atoms with E-state index >= 15 is 0 Å². The second kappa shape index (κ2) is 7.89. The lowest BCUT2D eigenvalue weighted by atomic mass is 10.1. The van der Waals surface area contributed by atoms with Crippen LogP contribution in [0.5, 0.6) is 0 Å². The van der Waals surface area contributed by atoms with Gasteiger partial charge in [-0.3, -0.25) is 4.79 Å². The Bertz CT molecular complexity index is 810. The standard InChI is InChI=1S/C17H20N6OS/c1-22(2)14-7-5-13(6-8-14)4-3-10-18-17(24)16-15(9-11-25-16)23-12-19-20-21-23/h5-9,11-12H,3-4,10H2,1-2H3,(H,18,24). The van der Waals surface area contributed by atoms with Crippen molar-refractivity contribution in [1.29, 1.82) is 0 Å². The van der Waals surface area contributed by atoms with Crippen molar-refractivity contribution in [3.63, 3.8) is 0 Å². The smallest absolute Gasteiger partial charge is 0.263 e. The van der Waals surface area contributed by atoms with Crippen LogP contribution in [0.15, 0.2) is 42.0 Å². The van der Waals surface area contributed by atoms with E-state index in [9.17, 15) is 4.79 Å². The molecule has 8 heteroatoms. The Morgan fingerprint density at radius 2 is 2.04 bits per heavy atom. The molecule has 7 nitrogen and oxygen atoms in total. The number of anilines is 1. The summed E-state index contributed by atoms with van der Waals surface area (Å²) in [5, 5.41) is 15.9. The minimum Gasteiger partial charge on any atom is -0.378 e. The van der Waals surface area contributed by atoms with Gasteiger partial charge in [0.1, 0.15) is 11.2 Å². The lowest BCUT2D eigenvalue weighted by Crippen LogP contribution is -2.25. The number of rotatable bonds is 7. The van der Waals surface area contributed by atoms with Crippen LogP contribution in [0.2, 0.25) is 0 Å². The van der Waals surface area contributed by atoms with Crippen LogP contribution in [0.3, 0.4) is 0 Å². The predicted octanol–water partition coefficient (Wildman–Crippen LogP) is 2.15. The van der Waals surface area contributed by atoms with E-state index < -0.39 is 0 Å². The second-order valence-electron chi connectivity index (χ2n) is 5.81. The lowest BCUT2D eigenvalue weighted by Gasteiger charge is -2.12. The van der Waals surface area contributed by atoms with Crippen LogP contribution >= 0.6 is 11.3 Å². The summed E-state index contributed by atoms with van der Waals surface area (Å²) >= 11 is 1.38. The highest BCUT2D eigenvalue weighted by Crippen LogP contribution is 2.19. The van der Waals surface area contributed by atoms with Crippen LogP contribution in [0.25, 0.3) is 5.69 Å². The topological polar surface area (TPSA) is 75.9 Å². The van der Waals surface area contributed by atoms with Gasteiger partial charge in [0.05, 0.1) is 5.69 Å². The minimum atomic E-state index is -0.0940. The summed E-state index contributed by atoms with van der Waals surface area (Å²) in [6, 6.07) is 10.3. The largest absolute Gasteiger partial charge is 0.378 e. The van der Waals surface area contributed by atoms with Crippen molar-refractivity contribution in [2.24, 2.45) is 0 Å². The van der Waals surface area contributed by atoms with E-state index in [4.69, 9.17) is 0 Å².